The van der Waals surface area contributed by atoms with Gasteiger partial charge in [0.15, 0.2) is 0 Å². The van der Waals surface area contributed by atoms with Crippen LogP contribution in [0.3, 0.4) is 0 Å². The van der Waals surface area contributed by atoms with Crippen molar-refractivity contribution in [1.29, 1.82) is 0 Å². The van der Waals surface area contributed by atoms with Crippen molar-refractivity contribution < 1.29 is 89.0 Å². The molecule has 3 N–H and O–H groups in total. The highest BCUT2D eigenvalue weighted by molar-refractivity contribution is 6.21. The van der Waals surface area contributed by atoms with Crippen molar-refractivity contribution in [3.05, 3.63) is 0 Å². The minimum atomic E-state index is -4.60. The number of halogens is 6. The van der Waals surface area contributed by atoms with Crippen LogP contribution in [0.25, 0.3) is 0 Å². The first-order valence-electron chi connectivity index (χ1n) is 38.3. The number of ether oxygens (including phenoxy) is 1. The van der Waals surface area contributed by atoms with Gasteiger partial charge >= 0.3 is 6.18 Å². The predicted octanol–water partition coefficient (Wildman–Crippen LogP) is 4.89. The fraction of sp³-hybridized carbons (Fsp3) is 0.824. The summed E-state index contributed by atoms with van der Waals surface area (Å²) in [5.41, 5.74) is 0. The molecule has 0 bridgehead atoms. The Morgan fingerprint density at radius 2 is 1.24 bits per heavy atom. The molecule has 0 aromatic carbocycles. The van der Waals surface area contributed by atoms with Crippen molar-refractivity contribution in [3.8, 4) is 0 Å². The van der Waals surface area contributed by atoms with E-state index in [1.807, 2.05) is 20.8 Å². The molecule has 0 spiro atoms. The van der Waals surface area contributed by atoms with Gasteiger partial charge in [0.2, 0.25) is 76.8 Å². The summed E-state index contributed by atoms with van der Waals surface area (Å²) in [6.45, 7) is 7.21. The van der Waals surface area contributed by atoms with Gasteiger partial charge in [-0.05, 0) is 107 Å². The van der Waals surface area contributed by atoms with Gasteiger partial charge in [-0.25, -0.2) is 8.78 Å². The van der Waals surface area contributed by atoms with E-state index in [0.717, 1.165) is 68.6 Å². The molecule has 107 heavy (non-hydrogen) atoms. The summed E-state index contributed by atoms with van der Waals surface area (Å²) in [5, 5.41) is 6.84. The van der Waals surface area contributed by atoms with Gasteiger partial charge in [0.05, 0.1) is 45.0 Å². The summed E-state index contributed by atoms with van der Waals surface area (Å²) in [6.07, 6.45) is 0.317. The van der Waals surface area contributed by atoms with Crippen LogP contribution in [0.1, 0.15) is 176 Å². The number of hydrogen-bond donors (Lipinski definition) is 3. The van der Waals surface area contributed by atoms with E-state index < -0.39 is 217 Å². The Balaban J connectivity index is 1.48. The number of nitrogens with zero attached hydrogens (tertiary/aromatic N) is 10. The summed E-state index contributed by atoms with van der Waals surface area (Å²) < 4.78 is 77.2. The molecule has 3 saturated heterocycles. The molecule has 0 aromatic rings. The minimum absolute atomic E-state index is 0.0185. The van der Waals surface area contributed by atoms with Crippen LogP contribution in [0.2, 0.25) is 0 Å². The molecular weight excluding hydrogens is 1430 g/mol. The Bertz CT molecular complexity index is 3150. The molecule has 0 aromatic heterocycles. The molecule has 13 amide bonds. The fourth-order valence-electron chi connectivity index (χ4n) is 15.8. The summed E-state index contributed by atoms with van der Waals surface area (Å²) >= 11 is 6.39. The number of rotatable bonds is 17. The van der Waals surface area contributed by atoms with Crippen LogP contribution < -0.4 is 16.0 Å². The molecular formula is C74H119ClF5N13O14. The van der Waals surface area contributed by atoms with Crippen LogP contribution in [0, 0.1) is 35.5 Å². The van der Waals surface area contributed by atoms with Crippen LogP contribution in [0.15, 0.2) is 0 Å². The molecule has 6 fully saturated rings. The third-order valence-electron chi connectivity index (χ3n) is 23.1. The topological polar surface area (TPSA) is 300 Å². The summed E-state index contributed by atoms with van der Waals surface area (Å²) in [7, 11) is 12.1. The third kappa shape index (κ3) is 22.8. The molecule has 606 valence electrons. The monoisotopic (exact) mass is 1540 g/mol. The minimum Gasteiger partial charge on any atom is -0.379 e. The van der Waals surface area contributed by atoms with Gasteiger partial charge in [-0.15, -0.1) is 11.6 Å². The first-order chi connectivity index (χ1) is 50.1. The SMILES string of the molecule is CCCOC[C@@H]1NC(=O)[C@H](CC(=O)N2CC(F)(F)C2)N(C)C(=O)[C@H](CCC2CCC(C(F)(F)F)C(Cl)C2)NC(=O)CN(C)C(=O)[C@H](CC2CCCCC2)N(C)C(=O)[C@@H]2CCN2C(=O)[C@H](C)N(C)C(=O)[C@H]([C@@H](C)CC)NC(=O)[C@H](CC(C)C)N(C)C(=O)C[C@@H](C(=O)N(C)C)N(C)C(=O)[C@H](C2CCCC2)N(C)C1=O. The average Bonchev–Trinajstić information content (AvgIpc) is 0.986. The highest BCUT2D eigenvalue weighted by atomic mass is 35.5. The van der Waals surface area contributed by atoms with E-state index in [-0.39, 0.29) is 76.4 Å². The van der Waals surface area contributed by atoms with Gasteiger partial charge in [0.1, 0.15) is 60.4 Å². The van der Waals surface area contributed by atoms with Gasteiger partial charge in [-0.2, -0.15) is 13.2 Å². The highest BCUT2D eigenvalue weighted by Gasteiger charge is 2.52. The Labute approximate surface area is 632 Å². The van der Waals surface area contributed by atoms with Crippen LogP contribution in [0.5, 0.6) is 0 Å². The molecule has 3 aliphatic carbocycles. The highest BCUT2D eigenvalue weighted by Crippen LogP contribution is 2.44. The van der Waals surface area contributed by atoms with Crippen LogP contribution >= 0.6 is 11.6 Å². The van der Waals surface area contributed by atoms with E-state index in [9.17, 15) is 60.3 Å². The second kappa shape index (κ2) is 39.1. The molecule has 27 nitrogen and oxygen atoms in total. The van der Waals surface area contributed by atoms with E-state index in [1.54, 1.807) is 13.8 Å². The van der Waals surface area contributed by atoms with Crippen LogP contribution in [-0.2, 0) is 67.1 Å². The number of likely N-dealkylation sites (tertiary alicyclic amines) is 1. The van der Waals surface area contributed by atoms with Crippen LogP contribution in [-0.4, -0.2) is 307 Å². The van der Waals surface area contributed by atoms with E-state index in [2.05, 4.69) is 16.0 Å². The van der Waals surface area contributed by atoms with Crippen molar-refractivity contribution in [2.24, 2.45) is 35.5 Å². The zero-order valence-corrected chi connectivity index (χ0v) is 66.1. The van der Waals surface area contributed by atoms with Crippen molar-refractivity contribution in [1.82, 2.24) is 64.9 Å². The zero-order chi connectivity index (χ0) is 80.0. The third-order valence-corrected chi connectivity index (χ3v) is 23.6. The number of amides is 13. The first-order valence-corrected chi connectivity index (χ1v) is 38.7. The number of nitrogens with one attached hydrogen (secondary N) is 3. The Morgan fingerprint density at radius 1 is 0.645 bits per heavy atom. The maximum absolute atomic E-state index is 15.5. The Morgan fingerprint density at radius 3 is 1.79 bits per heavy atom. The van der Waals surface area contributed by atoms with Gasteiger partial charge in [-0.1, -0.05) is 86.0 Å². The quantitative estimate of drug-likeness (QED) is 0.0993. The molecule has 14 atom stereocenters. The lowest BCUT2D eigenvalue weighted by atomic mass is 9.78. The second-order valence-corrected chi connectivity index (χ2v) is 32.2. The molecule has 33 heteroatoms. The van der Waals surface area contributed by atoms with E-state index in [4.69, 9.17) is 16.3 Å². The lowest BCUT2D eigenvalue weighted by Crippen LogP contribution is -2.65. The summed E-state index contributed by atoms with van der Waals surface area (Å²) in [4.78, 5) is 205. The fourth-order valence-corrected chi connectivity index (χ4v) is 16.3. The normalized spacial score (nSPS) is 29.9. The van der Waals surface area contributed by atoms with Gasteiger partial charge < -0.3 is 69.7 Å². The molecule has 0 radical (unpaired) electrons. The Kier molecular flexibility index (Phi) is 32.5. The molecule has 6 rings (SSSR count). The Hall–Kier alpha value is -6.99. The maximum Gasteiger partial charge on any atom is 0.393 e. The van der Waals surface area contributed by atoms with Crippen molar-refractivity contribution in [2.45, 2.75) is 254 Å². The van der Waals surface area contributed by atoms with Crippen molar-refractivity contribution >= 4 is 88.4 Å². The van der Waals surface area contributed by atoms with E-state index in [0.29, 0.717) is 38.5 Å². The maximum atomic E-state index is 15.5. The summed E-state index contributed by atoms with van der Waals surface area (Å²) in [6, 6.07) is -14.3. The zero-order valence-electron chi connectivity index (χ0n) is 65.4. The summed E-state index contributed by atoms with van der Waals surface area (Å²) in [5.74, 6) is -17.7. The lowest BCUT2D eigenvalue weighted by Gasteiger charge is -2.45. The number of carbonyl (C=O) groups excluding carboxylic acids is 13. The lowest BCUT2D eigenvalue weighted by molar-refractivity contribution is -0.182. The van der Waals surface area contributed by atoms with E-state index >= 15 is 24.0 Å². The van der Waals surface area contributed by atoms with Crippen LogP contribution in [0.4, 0.5) is 22.0 Å². The van der Waals surface area contributed by atoms with E-state index in [1.165, 1.54) is 82.9 Å². The van der Waals surface area contributed by atoms with Crippen molar-refractivity contribution in [3.63, 3.8) is 0 Å². The molecule has 6 aliphatic rings. The van der Waals surface area contributed by atoms with Gasteiger partial charge in [0, 0.05) is 82.0 Å². The number of fused-ring (bicyclic) bond motifs is 1. The predicted molar refractivity (Wildman–Crippen MR) is 387 cm³/mol. The van der Waals surface area contributed by atoms with Gasteiger partial charge in [-0.3, -0.25) is 62.3 Å². The molecule has 3 aliphatic heterocycles. The standard InChI is InChI=1S/C74H119ClF5N13O14/c1-16-33-107-40-52-67(101)91(15)62(48-25-21-22-26-48)72(106)90(14)57(68(102)84(7)8)38-59(95)87(11)54(34-43(3)4)64(98)83-61(44(5)17-2)71(105)86(10)45(6)65(99)93-32-31-53(93)70(104)89(13)56(36-46-23-19-18-20-24-46)69(103)85(9)39-58(94)81-51(30-28-47-27-29-49(50(75)35-47)74(78,79)80)66(100)88(12)55(63(97)82-52)37-60(96)92-41-73(76,77)42-92/h43-57,61-62H,16-42H2,1-15H3,(H,81,94)(H,82,97)(H,83,98)/t44-,45-,47?,49?,50?,51-,52-,53-,54-,55-,56-,57-,61-,62-/m0/s1. The molecule has 3 unspecified atom stereocenters. The molecule has 3 heterocycles. The van der Waals surface area contributed by atoms with Crippen molar-refractivity contribution in [2.75, 3.05) is 103 Å². The number of carbonyl (C=O) groups is 13. The van der Waals surface area contributed by atoms with Gasteiger partial charge in [0.25, 0.3) is 5.92 Å². The molecule has 3 saturated carbocycles. The first kappa shape index (κ1) is 88.9. The second-order valence-electron chi connectivity index (χ2n) is 31.7. The smallest absolute Gasteiger partial charge is 0.379 e. The number of hydrogen-bond acceptors (Lipinski definition) is 14. The number of alkyl halides is 6. The number of likely N-dealkylation sites (N-methyl/N-ethyl adjacent to an activating group) is 8. The average molecular weight is 1550 g/mol. The largest absolute Gasteiger partial charge is 0.393 e.